The summed E-state index contributed by atoms with van der Waals surface area (Å²) in [5, 5.41) is 5.24. The molecule has 2 atom stereocenters. The van der Waals surface area contributed by atoms with Gasteiger partial charge in [-0.25, -0.2) is 0 Å². The summed E-state index contributed by atoms with van der Waals surface area (Å²) < 4.78 is 5.29. The van der Waals surface area contributed by atoms with Crippen molar-refractivity contribution in [3.63, 3.8) is 0 Å². The minimum absolute atomic E-state index is 0.0212. The highest BCUT2D eigenvalue weighted by Crippen LogP contribution is 2.61. The number of aromatic nitrogens is 2. The van der Waals surface area contributed by atoms with E-state index in [4.69, 9.17) is 0 Å². The molecule has 0 bridgehead atoms. The second kappa shape index (κ2) is 11.9. The maximum atomic E-state index is 2.71. The lowest BCUT2D eigenvalue weighted by Crippen LogP contribution is -2.69. The Hall–Kier alpha value is -6.25. The Morgan fingerprint density at radius 3 is 1.90 bits per heavy atom. The van der Waals surface area contributed by atoms with Crippen molar-refractivity contribution in [2.75, 3.05) is 0 Å². The number of hydrogen-bond acceptors (Lipinski definition) is 0. The first kappa shape index (κ1) is 33.8. The number of rotatable bonds is 5. The third-order valence-electron chi connectivity index (χ3n) is 15.2. The van der Waals surface area contributed by atoms with E-state index >= 15 is 0 Å². The van der Waals surface area contributed by atoms with Crippen LogP contribution in [0.25, 0.3) is 71.8 Å². The predicted octanol–water partition coefficient (Wildman–Crippen LogP) is 13.8. The summed E-state index contributed by atoms with van der Waals surface area (Å²) in [6.07, 6.45) is 6.86. The second-order valence-corrected chi connectivity index (χ2v) is 17.3. The van der Waals surface area contributed by atoms with Gasteiger partial charge in [0.2, 0.25) is 5.69 Å². The van der Waals surface area contributed by atoms with E-state index in [0.29, 0.717) is 0 Å². The summed E-state index contributed by atoms with van der Waals surface area (Å²) >= 11 is 0. The molecule has 2 heteroatoms. The van der Waals surface area contributed by atoms with Crippen LogP contribution in [-0.4, -0.2) is 4.57 Å². The SMILES string of the molecule is CCCC1(CC)[n+]2ccc3ccccc3c2-c2cc(-c3ccc4c(c3)-n3c5ccccc5c5cccc(c53)C43c4ccccc4-c4ccccc43)ccc2C1(C)CC. The van der Waals surface area contributed by atoms with Crippen molar-refractivity contribution in [1.82, 2.24) is 4.57 Å². The van der Waals surface area contributed by atoms with Crippen LogP contribution in [0.4, 0.5) is 0 Å². The van der Waals surface area contributed by atoms with Gasteiger partial charge in [-0.1, -0.05) is 148 Å². The number of fused-ring (bicyclic) bond motifs is 17. The van der Waals surface area contributed by atoms with Crippen molar-refractivity contribution < 1.29 is 4.57 Å². The molecular weight excluding hydrogens is 701 g/mol. The zero-order valence-corrected chi connectivity index (χ0v) is 33.8. The van der Waals surface area contributed by atoms with Crippen LogP contribution in [0, 0.1) is 0 Å². The third-order valence-corrected chi connectivity index (χ3v) is 15.2. The van der Waals surface area contributed by atoms with Crippen LogP contribution in [0.5, 0.6) is 0 Å². The molecule has 2 aromatic heterocycles. The van der Waals surface area contributed by atoms with E-state index in [1.54, 1.807) is 0 Å². The summed E-state index contributed by atoms with van der Waals surface area (Å²) in [6, 6.07) is 60.5. The molecule has 9 aromatic rings. The van der Waals surface area contributed by atoms with Crippen molar-refractivity contribution in [2.45, 2.75) is 69.7 Å². The van der Waals surface area contributed by atoms with Crippen molar-refractivity contribution in [2.24, 2.45) is 0 Å². The minimum Gasteiger partial charge on any atom is -0.309 e. The monoisotopic (exact) mass is 747 g/mol. The quantitative estimate of drug-likeness (QED) is 0.155. The maximum absolute atomic E-state index is 2.71. The molecule has 2 aliphatic heterocycles. The lowest BCUT2D eigenvalue weighted by molar-refractivity contribution is -0.769. The zero-order valence-electron chi connectivity index (χ0n) is 33.8. The first-order valence-corrected chi connectivity index (χ1v) is 21.5. The van der Waals surface area contributed by atoms with Crippen LogP contribution in [0.1, 0.15) is 81.2 Å². The first-order chi connectivity index (χ1) is 28.5. The van der Waals surface area contributed by atoms with Crippen molar-refractivity contribution in [3.05, 3.63) is 192 Å². The van der Waals surface area contributed by atoms with E-state index in [2.05, 4.69) is 201 Å². The molecule has 4 heterocycles. The fourth-order valence-corrected chi connectivity index (χ4v) is 12.6. The summed E-state index contributed by atoms with van der Waals surface area (Å²) in [5.74, 6) is 0. The molecule has 0 saturated carbocycles. The molecule has 1 aliphatic carbocycles. The minimum atomic E-state index is -0.443. The molecule has 2 unspecified atom stereocenters. The third kappa shape index (κ3) is 3.92. The topological polar surface area (TPSA) is 8.81 Å². The van der Waals surface area contributed by atoms with E-state index in [1.165, 1.54) is 99.6 Å². The highest BCUT2D eigenvalue weighted by atomic mass is 15.1. The number of para-hydroxylation sites is 2. The fourth-order valence-electron chi connectivity index (χ4n) is 12.6. The normalized spacial score (nSPS) is 19.2. The van der Waals surface area contributed by atoms with Crippen LogP contribution >= 0.6 is 0 Å². The molecule has 7 aromatic carbocycles. The Kier molecular flexibility index (Phi) is 6.94. The van der Waals surface area contributed by atoms with Crippen molar-refractivity contribution >= 4 is 32.6 Å². The molecule has 0 fully saturated rings. The number of hydrogen-bond donors (Lipinski definition) is 0. The smallest absolute Gasteiger partial charge is 0.221 e. The Morgan fingerprint density at radius 2 is 1.16 bits per heavy atom. The van der Waals surface area contributed by atoms with Crippen LogP contribution in [0.15, 0.2) is 164 Å². The van der Waals surface area contributed by atoms with Gasteiger partial charge >= 0.3 is 0 Å². The van der Waals surface area contributed by atoms with Gasteiger partial charge in [-0.05, 0) is 99.5 Å². The Balaban J connectivity index is 1.17. The average Bonchev–Trinajstić information content (AvgIpc) is 3.78. The summed E-state index contributed by atoms with van der Waals surface area (Å²) in [5.41, 5.74) is 18.1. The van der Waals surface area contributed by atoms with Gasteiger partial charge in [0.1, 0.15) is 0 Å². The lowest BCUT2D eigenvalue weighted by atomic mass is 9.58. The number of benzene rings is 7. The Morgan fingerprint density at radius 1 is 0.517 bits per heavy atom. The highest BCUT2D eigenvalue weighted by molar-refractivity contribution is 6.13. The average molecular weight is 748 g/mol. The first-order valence-electron chi connectivity index (χ1n) is 21.5. The highest BCUT2D eigenvalue weighted by Gasteiger charge is 2.59. The molecule has 0 N–H and O–H groups in total. The zero-order chi connectivity index (χ0) is 39.0. The van der Waals surface area contributed by atoms with Gasteiger partial charge < -0.3 is 4.57 Å². The molecule has 58 heavy (non-hydrogen) atoms. The van der Waals surface area contributed by atoms with Crippen molar-refractivity contribution in [3.8, 4) is 39.2 Å². The van der Waals surface area contributed by atoms with Gasteiger partial charge in [-0.2, -0.15) is 4.57 Å². The summed E-state index contributed by atoms with van der Waals surface area (Å²) in [6.45, 7) is 9.72. The number of pyridine rings is 1. The Labute approximate surface area is 341 Å². The number of nitrogens with zero attached hydrogens (tertiary/aromatic N) is 2. The summed E-state index contributed by atoms with van der Waals surface area (Å²) in [7, 11) is 0. The largest absolute Gasteiger partial charge is 0.309 e. The van der Waals surface area contributed by atoms with E-state index in [0.717, 1.165) is 25.7 Å². The van der Waals surface area contributed by atoms with Gasteiger partial charge in [-0.15, -0.1) is 0 Å². The van der Waals surface area contributed by atoms with Gasteiger partial charge in [0.25, 0.3) is 0 Å². The van der Waals surface area contributed by atoms with Gasteiger partial charge in [0.05, 0.1) is 38.5 Å². The van der Waals surface area contributed by atoms with Gasteiger partial charge in [-0.3, -0.25) is 0 Å². The van der Waals surface area contributed by atoms with Crippen LogP contribution < -0.4 is 4.57 Å². The Bertz CT molecular complexity index is 3150. The van der Waals surface area contributed by atoms with Gasteiger partial charge in [0, 0.05) is 29.7 Å². The van der Waals surface area contributed by atoms with E-state index in [9.17, 15) is 0 Å². The molecule has 0 radical (unpaired) electrons. The second-order valence-electron chi connectivity index (χ2n) is 17.3. The van der Waals surface area contributed by atoms with Crippen molar-refractivity contribution in [1.29, 1.82) is 0 Å². The fraction of sp³-hybridized carbons (Fsp3) is 0.196. The standard InChI is InChI=1S/C56H47N2/c1-5-32-55(7-3)54(4,6-2)45-29-27-37(34-44(45)52-39-18-9-8-17-36(39)31-33-57(52)55)38-28-30-48-51(35-38)58-50-26-15-12-21-42(50)43-22-16-25-49(53(43)58)56(48)46-23-13-10-19-40(46)41-20-11-14-24-47(41)56/h8-31,33-35H,5-7,32H2,1-4H3/q+1. The van der Waals surface area contributed by atoms with Crippen LogP contribution in [0.2, 0.25) is 0 Å². The molecule has 0 amide bonds. The van der Waals surface area contributed by atoms with Crippen LogP contribution in [0.3, 0.4) is 0 Å². The predicted molar refractivity (Wildman–Crippen MR) is 241 cm³/mol. The molecule has 3 aliphatic rings. The maximum Gasteiger partial charge on any atom is 0.221 e. The molecular formula is C56H47N2+. The molecule has 1 spiro atoms. The molecule has 280 valence electrons. The molecule has 2 nitrogen and oxygen atoms in total. The summed E-state index contributed by atoms with van der Waals surface area (Å²) in [4.78, 5) is 0. The van der Waals surface area contributed by atoms with Crippen LogP contribution in [-0.2, 0) is 16.4 Å². The molecule has 0 saturated heterocycles. The lowest BCUT2D eigenvalue weighted by Gasteiger charge is -2.48. The van der Waals surface area contributed by atoms with E-state index < -0.39 is 5.41 Å². The van der Waals surface area contributed by atoms with E-state index in [1.807, 2.05) is 0 Å². The van der Waals surface area contributed by atoms with E-state index in [-0.39, 0.29) is 11.0 Å². The molecule has 12 rings (SSSR count). The van der Waals surface area contributed by atoms with Gasteiger partial charge in [0.15, 0.2) is 11.7 Å².